The molecule has 17 heavy (non-hydrogen) atoms. The molecule has 0 aliphatic rings. The summed E-state index contributed by atoms with van der Waals surface area (Å²) in [6.07, 6.45) is 2.71. The van der Waals surface area contributed by atoms with Gasteiger partial charge >= 0.3 is 5.97 Å². The van der Waals surface area contributed by atoms with E-state index in [-0.39, 0.29) is 5.92 Å². The zero-order chi connectivity index (χ0) is 13.0. The molecule has 0 saturated carbocycles. The van der Waals surface area contributed by atoms with E-state index in [0.29, 0.717) is 11.3 Å². The van der Waals surface area contributed by atoms with Gasteiger partial charge in [-0.05, 0) is 12.8 Å². The summed E-state index contributed by atoms with van der Waals surface area (Å²) in [5.74, 6) is -1.71. The van der Waals surface area contributed by atoms with E-state index in [2.05, 4.69) is 15.3 Å². The predicted molar refractivity (Wildman–Crippen MR) is 60.5 cm³/mol. The minimum Gasteiger partial charge on any atom is -0.480 e. The van der Waals surface area contributed by atoms with Crippen LogP contribution in [0.3, 0.4) is 0 Å². The van der Waals surface area contributed by atoms with Gasteiger partial charge in [0.15, 0.2) is 0 Å². The topological polar surface area (TPSA) is 92.2 Å². The number of aliphatic carboxylic acids is 1. The number of hydrogen-bond donors (Lipinski definition) is 2. The van der Waals surface area contributed by atoms with Crippen molar-refractivity contribution < 1.29 is 14.7 Å². The van der Waals surface area contributed by atoms with Crippen LogP contribution in [-0.2, 0) is 4.79 Å². The Balaban J connectivity index is 2.85. The number of aryl methyl sites for hydroxylation is 1. The normalized spacial score (nSPS) is 12.2. The van der Waals surface area contributed by atoms with Gasteiger partial charge in [0.25, 0.3) is 5.91 Å². The van der Waals surface area contributed by atoms with Gasteiger partial charge in [-0.25, -0.2) is 14.8 Å². The lowest BCUT2D eigenvalue weighted by Gasteiger charge is -2.18. The molecule has 0 spiro atoms. The van der Waals surface area contributed by atoms with Crippen LogP contribution in [0.1, 0.15) is 29.9 Å². The molecule has 1 rings (SSSR count). The average Bonchev–Trinajstić information content (AvgIpc) is 2.25. The third kappa shape index (κ3) is 3.24. The molecule has 1 aromatic rings. The van der Waals surface area contributed by atoms with E-state index in [9.17, 15) is 9.59 Å². The Kier molecular flexibility index (Phi) is 4.14. The van der Waals surface area contributed by atoms with Gasteiger partial charge in [0.1, 0.15) is 12.4 Å². The molecule has 1 aromatic heterocycles. The second-order valence-electron chi connectivity index (χ2n) is 4.06. The first-order valence-corrected chi connectivity index (χ1v) is 5.23. The molecule has 0 saturated heterocycles. The van der Waals surface area contributed by atoms with E-state index < -0.39 is 17.9 Å². The van der Waals surface area contributed by atoms with Crippen molar-refractivity contribution in [3.63, 3.8) is 0 Å². The van der Waals surface area contributed by atoms with E-state index in [1.165, 1.54) is 12.5 Å². The third-order valence-electron chi connectivity index (χ3n) is 2.38. The van der Waals surface area contributed by atoms with Gasteiger partial charge in [0, 0.05) is 6.20 Å². The molecule has 1 amide bonds. The van der Waals surface area contributed by atoms with Crippen LogP contribution in [0.4, 0.5) is 0 Å². The summed E-state index contributed by atoms with van der Waals surface area (Å²) in [5.41, 5.74) is 0.810. The molecule has 6 nitrogen and oxygen atoms in total. The second kappa shape index (κ2) is 5.38. The molecule has 0 aliphatic heterocycles. The number of nitrogens with one attached hydrogen (secondary N) is 1. The van der Waals surface area contributed by atoms with Crippen molar-refractivity contribution in [1.29, 1.82) is 0 Å². The van der Waals surface area contributed by atoms with E-state index in [0.717, 1.165) is 0 Å². The van der Waals surface area contributed by atoms with E-state index in [1.807, 2.05) is 0 Å². The van der Waals surface area contributed by atoms with Gasteiger partial charge in [0.2, 0.25) is 0 Å². The van der Waals surface area contributed by atoms with Gasteiger partial charge in [-0.15, -0.1) is 0 Å². The van der Waals surface area contributed by atoms with E-state index in [4.69, 9.17) is 5.11 Å². The Morgan fingerprint density at radius 2 is 2.06 bits per heavy atom. The number of carbonyl (C=O) groups is 2. The molecule has 1 heterocycles. The summed E-state index contributed by atoms with van der Waals surface area (Å²) in [6, 6.07) is -0.915. The number of amides is 1. The highest BCUT2D eigenvalue weighted by Crippen LogP contribution is 2.06. The fourth-order valence-corrected chi connectivity index (χ4v) is 1.35. The Labute approximate surface area is 99.1 Å². The Morgan fingerprint density at radius 1 is 1.41 bits per heavy atom. The maximum absolute atomic E-state index is 11.8. The Bertz CT molecular complexity index is 432. The molecule has 1 atom stereocenters. The van der Waals surface area contributed by atoms with Crippen molar-refractivity contribution in [2.45, 2.75) is 26.8 Å². The fourth-order valence-electron chi connectivity index (χ4n) is 1.35. The number of carboxylic acids is 1. The minimum atomic E-state index is -1.05. The maximum Gasteiger partial charge on any atom is 0.326 e. The van der Waals surface area contributed by atoms with Gasteiger partial charge in [0.05, 0.1) is 11.3 Å². The molecule has 2 N–H and O–H groups in total. The lowest BCUT2D eigenvalue weighted by molar-refractivity contribution is -0.140. The number of rotatable bonds is 4. The molecular weight excluding hydrogens is 222 g/mol. The Hall–Kier alpha value is -1.98. The maximum atomic E-state index is 11.8. The smallest absolute Gasteiger partial charge is 0.326 e. The highest BCUT2D eigenvalue weighted by atomic mass is 16.4. The van der Waals surface area contributed by atoms with Gasteiger partial charge in [-0.2, -0.15) is 0 Å². The van der Waals surface area contributed by atoms with Crippen molar-refractivity contribution in [1.82, 2.24) is 15.3 Å². The first-order chi connectivity index (χ1) is 7.93. The van der Waals surface area contributed by atoms with Crippen molar-refractivity contribution in [2.75, 3.05) is 0 Å². The lowest BCUT2D eigenvalue weighted by atomic mass is 10.0. The molecular formula is C11H15N3O3. The number of nitrogens with zero attached hydrogens (tertiary/aromatic N) is 2. The summed E-state index contributed by atoms with van der Waals surface area (Å²) in [7, 11) is 0. The highest BCUT2D eigenvalue weighted by molar-refractivity contribution is 5.97. The fraction of sp³-hybridized carbons (Fsp3) is 0.455. The number of aromatic nitrogens is 2. The summed E-state index contributed by atoms with van der Waals surface area (Å²) in [5, 5.41) is 11.4. The molecule has 0 radical (unpaired) electrons. The summed E-state index contributed by atoms with van der Waals surface area (Å²) < 4.78 is 0. The van der Waals surface area contributed by atoms with Crippen molar-refractivity contribution >= 4 is 11.9 Å². The largest absolute Gasteiger partial charge is 0.480 e. The molecule has 0 fully saturated rings. The van der Waals surface area contributed by atoms with E-state index >= 15 is 0 Å². The van der Waals surface area contributed by atoms with Crippen LogP contribution in [0, 0.1) is 12.8 Å². The molecule has 0 aromatic carbocycles. The van der Waals surface area contributed by atoms with Gasteiger partial charge < -0.3 is 10.4 Å². The Morgan fingerprint density at radius 3 is 2.53 bits per heavy atom. The number of carbonyl (C=O) groups excluding carboxylic acids is 1. The zero-order valence-electron chi connectivity index (χ0n) is 9.97. The van der Waals surface area contributed by atoms with Crippen molar-refractivity contribution in [3.8, 4) is 0 Å². The monoisotopic (exact) mass is 237 g/mol. The van der Waals surface area contributed by atoms with Crippen LogP contribution >= 0.6 is 0 Å². The van der Waals surface area contributed by atoms with Gasteiger partial charge in [-0.3, -0.25) is 4.79 Å². The van der Waals surface area contributed by atoms with Crippen LogP contribution in [-0.4, -0.2) is 33.0 Å². The lowest BCUT2D eigenvalue weighted by Crippen LogP contribution is -2.44. The first-order valence-electron chi connectivity index (χ1n) is 5.23. The first kappa shape index (κ1) is 13.1. The third-order valence-corrected chi connectivity index (χ3v) is 2.38. The summed E-state index contributed by atoms with van der Waals surface area (Å²) in [6.45, 7) is 5.13. The molecule has 0 bridgehead atoms. The minimum absolute atomic E-state index is 0.193. The zero-order valence-corrected chi connectivity index (χ0v) is 9.97. The number of carboxylic acid groups (broad SMARTS) is 1. The van der Waals surface area contributed by atoms with E-state index in [1.54, 1.807) is 20.8 Å². The average molecular weight is 237 g/mol. The van der Waals surface area contributed by atoms with Crippen molar-refractivity contribution in [2.24, 2.45) is 5.92 Å². The van der Waals surface area contributed by atoms with Crippen LogP contribution in [0.25, 0.3) is 0 Å². The van der Waals surface area contributed by atoms with Crippen LogP contribution in [0.2, 0.25) is 0 Å². The molecule has 6 heteroatoms. The van der Waals surface area contributed by atoms with Crippen LogP contribution in [0.5, 0.6) is 0 Å². The van der Waals surface area contributed by atoms with Gasteiger partial charge in [-0.1, -0.05) is 13.8 Å². The van der Waals surface area contributed by atoms with Crippen LogP contribution in [0.15, 0.2) is 12.5 Å². The second-order valence-corrected chi connectivity index (χ2v) is 4.06. The summed E-state index contributed by atoms with van der Waals surface area (Å²) >= 11 is 0. The quantitative estimate of drug-likeness (QED) is 0.801. The summed E-state index contributed by atoms with van der Waals surface area (Å²) in [4.78, 5) is 30.4. The standard InChI is InChI=1S/C11H15N3O3/c1-6(2)9(11(16)17)14-10(15)8-4-12-5-13-7(8)3/h4-6,9H,1-3H3,(H,14,15)(H,16,17)/t9-/m1/s1. The number of hydrogen-bond acceptors (Lipinski definition) is 4. The predicted octanol–water partition coefficient (Wildman–Crippen LogP) is 0.624. The van der Waals surface area contributed by atoms with Crippen molar-refractivity contribution in [3.05, 3.63) is 23.8 Å². The molecule has 0 unspecified atom stereocenters. The SMILES string of the molecule is Cc1ncncc1C(=O)N[C@@H](C(=O)O)C(C)C. The van der Waals surface area contributed by atoms with Crippen LogP contribution < -0.4 is 5.32 Å². The molecule has 92 valence electrons. The highest BCUT2D eigenvalue weighted by Gasteiger charge is 2.24. The molecule has 0 aliphatic carbocycles.